The van der Waals surface area contributed by atoms with Crippen molar-refractivity contribution in [3.05, 3.63) is 67.3 Å². The quantitative estimate of drug-likeness (QED) is 0.599. The second kappa shape index (κ2) is 7.73. The zero-order chi connectivity index (χ0) is 15.4. The topological polar surface area (TPSA) is 12.0 Å². The lowest BCUT2D eigenvalue weighted by Crippen LogP contribution is -2.23. The Bertz CT molecular complexity index is 582. The van der Waals surface area contributed by atoms with Gasteiger partial charge in [0.05, 0.1) is 15.5 Å². The average Bonchev–Trinajstić information content (AvgIpc) is 2.46. The number of hydrogen-bond acceptors (Lipinski definition) is 1. The Balaban J connectivity index is 2.41. The largest absolute Gasteiger partial charge is 0.306 e. The first-order chi connectivity index (χ1) is 10.0. The highest BCUT2D eigenvalue weighted by Gasteiger charge is 2.15. The summed E-state index contributed by atoms with van der Waals surface area (Å²) in [7, 11) is 0. The van der Waals surface area contributed by atoms with E-state index >= 15 is 0 Å². The Morgan fingerprint density at radius 2 is 1.71 bits per heavy atom. The minimum absolute atomic E-state index is 0.00424. The van der Waals surface area contributed by atoms with Gasteiger partial charge in [0.2, 0.25) is 0 Å². The van der Waals surface area contributed by atoms with E-state index in [2.05, 4.69) is 44.1 Å². The number of nitrogens with one attached hydrogen (secondary N) is 1. The van der Waals surface area contributed by atoms with Crippen molar-refractivity contribution in [2.24, 2.45) is 0 Å². The van der Waals surface area contributed by atoms with E-state index < -0.39 is 0 Å². The molecular weight excluding hydrogens is 420 g/mol. The second-order valence-electron chi connectivity index (χ2n) is 4.73. The fourth-order valence-electron chi connectivity index (χ4n) is 2.10. The van der Waals surface area contributed by atoms with Crippen molar-refractivity contribution in [3.8, 4) is 0 Å². The predicted molar refractivity (Wildman–Crippen MR) is 93.4 cm³/mol. The molecule has 0 saturated carbocycles. The molecule has 21 heavy (non-hydrogen) atoms. The van der Waals surface area contributed by atoms with Crippen LogP contribution in [0.15, 0.2) is 45.3 Å². The molecule has 112 valence electrons. The summed E-state index contributed by atoms with van der Waals surface area (Å²) in [6.45, 7) is 2.99. The third-order valence-corrected chi connectivity index (χ3v) is 4.97. The van der Waals surface area contributed by atoms with Crippen LogP contribution < -0.4 is 5.32 Å². The molecule has 0 aliphatic rings. The number of hydrogen-bond donors (Lipinski definition) is 1. The van der Waals surface area contributed by atoms with Crippen LogP contribution in [0.5, 0.6) is 0 Å². The van der Waals surface area contributed by atoms with Gasteiger partial charge in [0.25, 0.3) is 0 Å². The Morgan fingerprint density at radius 1 is 1.10 bits per heavy atom. The van der Waals surface area contributed by atoms with Crippen LogP contribution in [-0.4, -0.2) is 6.54 Å². The van der Waals surface area contributed by atoms with Gasteiger partial charge in [-0.15, -0.1) is 0 Å². The summed E-state index contributed by atoms with van der Waals surface area (Å²) < 4.78 is 14.8. The van der Waals surface area contributed by atoms with Gasteiger partial charge < -0.3 is 5.32 Å². The molecule has 0 aliphatic carbocycles. The molecule has 0 aromatic heterocycles. The zero-order valence-electron chi connectivity index (χ0n) is 11.5. The fraction of sp³-hybridized carbons (Fsp3) is 0.250. The SMILES string of the molecule is CCCNC(c1ccc(F)c(Br)c1)c1ccc(Cl)c(Br)c1. The van der Waals surface area contributed by atoms with Gasteiger partial charge in [-0.2, -0.15) is 0 Å². The van der Waals surface area contributed by atoms with Crippen molar-refractivity contribution >= 4 is 43.5 Å². The average molecular weight is 436 g/mol. The summed E-state index contributed by atoms with van der Waals surface area (Å²) in [6, 6.07) is 10.9. The molecule has 5 heteroatoms. The minimum atomic E-state index is -0.259. The van der Waals surface area contributed by atoms with E-state index in [9.17, 15) is 4.39 Å². The first-order valence-electron chi connectivity index (χ1n) is 6.66. The van der Waals surface area contributed by atoms with Gasteiger partial charge >= 0.3 is 0 Å². The van der Waals surface area contributed by atoms with Crippen LogP contribution in [0.1, 0.15) is 30.5 Å². The Hall–Kier alpha value is -0.420. The van der Waals surface area contributed by atoms with Crippen molar-refractivity contribution in [1.82, 2.24) is 5.32 Å². The van der Waals surface area contributed by atoms with Crippen molar-refractivity contribution < 1.29 is 4.39 Å². The highest BCUT2D eigenvalue weighted by atomic mass is 79.9. The van der Waals surface area contributed by atoms with Gasteiger partial charge in [0.1, 0.15) is 5.82 Å². The van der Waals surface area contributed by atoms with Gasteiger partial charge in [-0.3, -0.25) is 0 Å². The minimum Gasteiger partial charge on any atom is -0.306 e. The maximum Gasteiger partial charge on any atom is 0.137 e. The number of halogens is 4. The van der Waals surface area contributed by atoms with Gasteiger partial charge in [-0.25, -0.2) is 4.39 Å². The van der Waals surface area contributed by atoms with Gasteiger partial charge in [0, 0.05) is 4.47 Å². The molecule has 1 N–H and O–H groups in total. The summed E-state index contributed by atoms with van der Waals surface area (Å²) in [4.78, 5) is 0. The summed E-state index contributed by atoms with van der Waals surface area (Å²) in [5, 5.41) is 4.16. The highest BCUT2D eigenvalue weighted by molar-refractivity contribution is 9.10. The van der Waals surface area contributed by atoms with E-state index in [1.807, 2.05) is 24.3 Å². The van der Waals surface area contributed by atoms with Crippen LogP contribution in [0.4, 0.5) is 4.39 Å². The molecule has 2 aromatic rings. The van der Waals surface area contributed by atoms with Crippen molar-refractivity contribution in [2.45, 2.75) is 19.4 Å². The summed E-state index contributed by atoms with van der Waals surface area (Å²) in [5.41, 5.74) is 2.09. The first kappa shape index (κ1) is 16.9. The maximum absolute atomic E-state index is 13.4. The molecule has 0 bridgehead atoms. The third kappa shape index (κ3) is 4.28. The van der Waals surface area contributed by atoms with Crippen LogP contribution in [0.3, 0.4) is 0 Å². The Kier molecular flexibility index (Phi) is 6.23. The van der Waals surface area contributed by atoms with Crippen molar-refractivity contribution in [1.29, 1.82) is 0 Å². The molecule has 2 rings (SSSR count). The van der Waals surface area contributed by atoms with Crippen molar-refractivity contribution in [3.63, 3.8) is 0 Å². The number of rotatable bonds is 5. The molecule has 1 nitrogen and oxygen atoms in total. The Morgan fingerprint density at radius 3 is 2.29 bits per heavy atom. The van der Waals surface area contributed by atoms with Crippen LogP contribution in [0.25, 0.3) is 0 Å². The van der Waals surface area contributed by atoms with E-state index in [0.29, 0.717) is 9.50 Å². The molecule has 0 aliphatic heterocycles. The van der Waals surface area contributed by atoms with Crippen LogP contribution in [-0.2, 0) is 0 Å². The summed E-state index contributed by atoms with van der Waals surface area (Å²) in [6.07, 6.45) is 1.02. The lowest BCUT2D eigenvalue weighted by Gasteiger charge is -2.20. The molecule has 1 unspecified atom stereocenters. The molecular formula is C16H15Br2ClFN. The molecule has 2 aromatic carbocycles. The first-order valence-corrected chi connectivity index (χ1v) is 8.62. The van der Waals surface area contributed by atoms with Gasteiger partial charge in [0.15, 0.2) is 0 Å². The predicted octanol–water partition coefficient (Wildman–Crippen LogP) is 6.09. The lowest BCUT2D eigenvalue weighted by atomic mass is 9.98. The highest BCUT2D eigenvalue weighted by Crippen LogP contribution is 2.30. The molecule has 0 amide bonds. The van der Waals surface area contributed by atoms with E-state index in [1.54, 1.807) is 6.07 Å². The van der Waals surface area contributed by atoms with E-state index in [1.165, 1.54) is 6.07 Å². The van der Waals surface area contributed by atoms with E-state index in [4.69, 9.17) is 11.6 Å². The Labute approximate surface area is 146 Å². The third-order valence-electron chi connectivity index (χ3n) is 3.15. The normalized spacial score (nSPS) is 12.4. The molecule has 0 heterocycles. The maximum atomic E-state index is 13.4. The molecule has 0 fully saturated rings. The lowest BCUT2D eigenvalue weighted by molar-refractivity contribution is 0.591. The van der Waals surface area contributed by atoms with Crippen LogP contribution >= 0.6 is 43.5 Å². The standard InChI is InChI=1S/C16H15Br2ClFN/c1-2-7-21-16(10-3-5-14(19)12(17)8-10)11-4-6-15(20)13(18)9-11/h3-6,8-9,16,21H,2,7H2,1H3. The molecule has 1 atom stereocenters. The monoisotopic (exact) mass is 433 g/mol. The zero-order valence-corrected chi connectivity index (χ0v) is 15.4. The van der Waals surface area contributed by atoms with Crippen LogP contribution in [0.2, 0.25) is 5.02 Å². The summed E-state index contributed by atoms with van der Waals surface area (Å²) in [5.74, 6) is -0.259. The molecule has 0 spiro atoms. The smallest absolute Gasteiger partial charge is 0.137 e. The number of benzene rings is 2. The van der Waals surface area contributed by atoms with E-state index in [-0.39, 0.29) is 11.9 Å². The summed E-state index contributed by atoms with van der Waals surface area (Å²) >= 11 is 12.8. The van der Waals surface area contributed by atoms with Gasteiger partial charge in [-0.05, 0) is 80.2 Å². The van der Waals surface area contributed by atoms with Gasteiger partial charge in [-0.1, -0.05) is 30.7 Å². The fourth-order valence-corrected chi connectivity index (χ4v) is 3.01. The van der Waals surface area contributed by atoms with E-state index in [0.717, 1.165) is 28.6 Å². The van der Waals surface area contributed by atoms with Crippen molar-refractivity contribution in [2.75, 3.05) is 6.54 Å². The van der Waals surface area contributed by atoms with Crippen LogP contribution in [0, 0.1) is 5.82 Å². The molecule has 0 radical (unpaired) electrons. The molecule has 0 saturated heterocycles. The second-order valence-corrected chi connectivity index (χ2v) is 6.85.